The maximum Gasteiger partial charge on any atom is 0.191 e. The van der Waals surface area contributed by atoms with Crippen LogP contribution >= 0.6 is 0 Å². The first-order valence-electron chi connectivity index (χ1n) is 9.06. The fourth-order valence-corrected chi connectivity index (χ4v) is 4.11. The third-order valence-electron chi connectivity index (χ3n) is 5.57. The maximum absolute atomic E-state index is 5.93. The zero-order valence-corrected chi connectivity index (χ0v) is 14.1. The van der Waals surface area contributed by atoms with Crippen LogP contribution in [0.2, 0.25) is 0 Å². The van der Waals surface area contributed by atoms with E-state index < -0.39 is 0 Å². The number of hydrogen-bond donors (Lipinski definition) is 2. The molecule has 5 heteroatoms. The number of nitrogens with one attached hydrogen (secondary N) is 2. The highest BCUT2D eigenvalue weighted by Crippen LogP contribution is 2.57. The molecule has 0 aromatic carbocycles. The van der Waals surface area contributed by atoms with Gasteiger partial charge in [-0.2, -0.15) is 0 Å². The minimum absolute atomic E-state index is 0.311. The second-order valence-corrected chi connectivity index (χ2v) is 6.82. The van der Waals surface area contributed by atoms with Gasteiger partial charge >= 0.3 is 0 Å². The summed E-state index contributed by atoms with van der Waals surface area (Å²) in [5.41, 5.74) is 0.371. The van der Waals surface area contributed by atoms with E-state index in [0.717, 1.165) is 45.1 Å². The molecule has 3 aliphatic rings. The van der Waals surface area contributed by atoms with Crippen molar-refractivity contribution in [2.45, 2.75) is 70.6 Å². The van der Waals surface area contributed by atoms with Gasteiger partial charge in [-0.1, -0.05) is 6.42 Å². The number of rotatable bonds is 6. The van der Waals surface area contributed by atoms with Gasteiger partial charge in [0.05, 0.1) is 18.8 Å². The molecule has 3 atom stereocenters. The fraction of sp³-hybridized carbons (Fsp3) is 0.941. The minimum atomic E-state index is 0.311. The maximum atomic E-state index is 5.93. The first-order chi connectivity index (χ1) is 10.8. The van der Waals surface area contributed by atoms with Crippen molar-refractivity contribution in [3.63, 3.8) is 0 Å². The molecule has 1 aliphatic heterocycles. The van der Waals surface area contributed by atoms with Crippen LogP contribution in [0.25, 0.3) is 0 Å². The molecule has 2 N–H and O–H groups in total. The summed E-state index contributed by atoms with van der Waals surface area (Å²) in [4.78, 5) is 4.74. The van der Waals surface area contributed by atoms with E-state index in [2.05, 4.69) is 24.5 Å². The SMILES string of the molecule is CCNC(=NCC1CCCO1)NC1CC(OCC)C12CCC2. The Morgan fingerprint density at radius 1 is 1.32 bits per heavy atom. The second kappa shape index (κ2) is 7.18. The molecule has 1 spiro atoms. The van der Waals surface area contributed by atoms with Crippen LogP contribution in [0.5, 0.6) is 0 Å². The van der Waals surface area contributed by atoms with Gasteiger partial charge in [0.2, 0.25) is 0 Å². The topological polar surface area (TPSA) is 54.9 Å². The lowest BCUT2D eigenvalue weighted by Crippen LogP contribution is -2.68. The highest BCUT2D eigenvalue weighted by atomic mass is 16.5. The van der Waals surface area contributed by atoms with Crippen molar-refractivity contribution in [2.24, 2.45) is 10.4 Å². The van der Waals surface area contributed by atoms with E-state index in [1.54, 1.807) is 0 Å². The molecular formula is C17H31N3O2. The fourth-order valence-electron chi connectivity index (χ4n) is 4.11. The van der Waals surface area contributed by atoms with Crippen molar-refractivity contribution < 1.29 is 9.47 Å². The number of nitrogens with zero attached hydrogens (tertiary/aromatic N) is 1. The van der Waals surface area contributed by atoms with E-state index >= 15 is 0 Å². The Morgan fingerprint density at radius 2 is 2.18 bits per heavy atom. The molecule has 2 saturated carbocycles. The van der Waals surface area contributed by atoms with Gasteiger partial charge in [-0.25, -0.2) is 0 Å². The van der Waals surface area contributed by atoms with Crippen LogP contribution in [-0.4, -0.2) is 50.5 Å². The van der Waals surface area contributed by atoms with Crippen molar-refractivity contribution in [1.29, 1.82) is 0 Å². The zero-order valence-electron chi connectivity index (χ0n) is 14.1. The van der Waals surface area contributed by atoms with Crippen LogP contribution < -0.4 is 10.6 Å². The average molecular weight is 309 g/mol. The Bertz CT molecular complexity index is 389. The normalized spacial score (nSPS) is 33.4. The standard InChI is InChI=1S/C17H31N3O2/c1-3-18-16(19-12-13-7-5-10-22-13)20-14-11-15(21-4-2)17(14)8-6-9-17/h13-15H,3-12H2,1-2H3,(H2,18,19,20). The molecule has 1 saturated heterocycles. The molecule has 5 nitrogen and oxygen atoms in total. The molecule has 0 amide bonds. The highest BCUT2D eigenvalue weighted by Gasteiger charge is 2.59. The van der Waals surface area contributed by atoms with Crippen LogP contribution in [0.4, 0.5) is 0 Å². The van der Waals surface area contributed by atoms with Crippen LogP contribution in [0, 0.1) is 5.41 Å². The van der Waals surface area contributed by atoms with Gasteiger partial charge in [0.15, 0.2) is 5.96 Å². The highest BCUT2D eigenvalue weighted by molar-refractivity contribution is 5.80. The molecule has 2 aliphatic carbocycles. The second-order valence-electron chi connectivity index (χ2n) is 6.82. The lowest BCUT2D eigenvalue weighted by molar-refractivity contribution is -0.168. The minimum Gasteiger partial charge on any atom is -0.378 e. The van der Waals surface area contributed by atoms with Crippen LogP contribution in [0.1, 0.15) is 52.4 Å². The van der Waals surface area contributed by atoms with Gasteiger partial charge in [0.1, 0.15) is 0 Å². The van der Waals surface area contributed by atoms with Gasteiger partial charge in [-0.05, 0) is 46.0 Å². The lowest BCUT2D eigenvalue weighted by atomic mass is 9.51. The van der Waals surface area contributed by atoms with Gasteiger partial charge < -0.3 is 20.1 Å². The first kappa shape index (κ1) is 16.1. The first-order valence-corrected chi connectivity index (χ1v) is 9.06. The van der Waals surface area contributed by atoms with E-state index in [9.17, 15) is 0 Å². The predicted octanol–water partition coefficient (Wildman–Crippen LogP) is 2.07. The number of aliphatic imine (C=N–C) groups is 1. The summed E-state index contributed by atoms with van der Waals surface area (Å²) in [7, 11) is 0. The van der Waals surface area contributed by atoms with Gasteiger partial charge in [-0.3, -0.25) is 4.99 Å². The molecular weight excluding hydrogens is 278 g/mol. The summed E-state index contributed by atoms with van der Waals surface area (Å²) in [6.45, 7) is 7.60. The molecule has 0 aromatic heterocycles. The van der Waals surface area contributed by atoms with Gasteiger partial charge in [0.25, 0.3) is 0 Å². The van der Waals surface area contributed by atoms with Crippen molar-refractivity contribution in [1.82, 2.24) is 10.6 Å². The summed E-state index contributed by atoms with van der Waals surface area (Å²) >= 11 is 0. The number of guanidine groups is 1. The van der Waals surface area contributed by atoms with Crippen LogP contribution in [0.3, 0.4) is 0 Å². The van der Waals surface area contributed by atoms with E-state index in [4.69, 9.17) is 14.5 Å². The molecule has 3 unspecified atom stereocenters. The Morgan fingerprint density at radius 3 is 2.77 bits per heavy atom. The van der Waals surface area contributed by atoms with Crippen molar-refractivity contribution in [3.8, 4) is 0 Å². The zero-order chi connectivity index (χ0) is 15.4. The van der Waals surface area contributed by atoms with Gasteiger partial charge in [0, 0.05) is 31.2 Å². The third kappa shape index (κ3) is 3.11. The summed E-state index contributed by atoms with van der Waals surface area (Å²) in [6, 6.07) is 0.514. The van der Waals surface area contributed by atoms with Crippen molar-refractivity contribution in [3.05, 3.63) is 0 Å². The molecule has 1 heterocycles. The Kier molecular flexibility index (Phi) is 5.24. The van der Waals surface area contributed by atoms with Crippen molar-refractivity contribution >= 4 is 5.96 Å². The Labute approximate surface area is 134 Å². The summed E-state index contributed by atoms with van der Waals surface area (Å²) in [6.07, 6.45) is 8.11. The molecule has 126 valence electrons. The third-order valence-corrected chi connectivity index (χ3v) is 5.57. The van der Waals surface area contributed by atoms with E-state index in [1.807, 2.05) is 0 Å². The van der Waals surface area contributed by atoms with E-state index in [-0.39, 0.29) is 0 Å². The number of ether oxygens (including phenoxy) is 2. The van der Waals surface area contributed by atoms with Crippen LogP contribution in [0.15, 0.2) is 4.99 Å². The van der Waals surface area contributed by atoms with Crippen LogP contribution in [-0.2, 0) is 9.47 Å². The smallest absolute Gasteiger partial charge is 0.191 e. The largest absolute Gasteiger partial charge is 0.378 e. The van der Waals surface area contributed by atoms with E-state index in [0.29, 0.717) is 23.7 Å². The summed E-state index contributed by atoms with van der Waals surface area (Å²) in [5.74, 6) is 0.948. The molecule has 22 heavy (non-hydrogen) atoms. The molecule has 0 radical (unpaired) electrons. The summed E-state index contributed by atoms with van der Waals surface area (Å²) in [5, 5.41) is 7.04. The number of hydrogen-bond acceptors (Lipinski definition) is 3. The van der Waals surface area contributed by atoms with E-state index in [1.165, 1.54) is 25.7 Å². The Hall–Kier alpha value is -0.810. The molecule has 0 aromatic rings. The predicted molar refractivity (Wildman–Crippen MR) is 88.2 cm³/mol. The lowest BCUT2D eigenvalue weighted by Gasteiger charge is -2.61. The summed E-state index contributed by atoms with van der Waals surface area (Å²) < 4.78 is 11.6. The quantitative estimate of drug-likeness (QED) is 0.582. The monoisotopic (exact) mass is 309 g/mol. The molecule has 0 bridgehead atoms. The Balaban J connectivity index is 1.55. The average Bonchev–Trinajstić information content (AvgIpc) is 2.95. The van der Waals surface area contributed by atoms with Gasteiger partial charge in [-0.15, -0.1) is 0 Å². The molecule has 3 fully saturated rings. The van der Waals surface area contributed by atoms with Crippen molar-refractivity contribution in [2.75, 3.05) is 26.3 Å². The molecule has 3 rings (SSSR count).